The topological polar surface area (TPSA) is 48.0 Å². The van der Waals surface area contributed by atoms with Gasteiger partial charge in [-0.1, -0.05) is 12.2 Å². The Morgan fingerprint density at radius 1 is 1.17 bits per heavy atom. The van der Waals surface area contributed by atoms with E-state index < -0.39 is 23.9 Å². The molecule has 0 N–H and O–H groups in total. The van der Waals surface area contributed by atoms with E-state index in [-0.39, 0.29) is 12.0 Å². The highest BCUT2D eigenvalue weighted by atomic mass is 16.7. The molecule has 2 aliphatic heterocycles. The van der Waals surface area contributed by atoms with Crippen LogP contribution in [0.2, 0.25) is 0 Å². The highest BCUT2D eigenvalue weighted by Gasteiger charge is 2.55. The molecular weight excluding hydrogens is 293 g/mol. The second-order valence-corrected chi connectivity index (χ2v) is 8.36. The van der Waals surface area contributed by atoms with Gasteiger partial charge in [-0.15, -0.1) is 0 Å². The summed E-state index contributed by atoms with van der Waals surface area (Å²) in [5.74, 6) is -0.176. The Balaban J connectivity index is 2.19. The minimum atomic E-state index is -0.517. The Bertz CT molecular complexity index is 465. The predicted octanol–water partition coefficient (Wildman–Crippen LogP) is 3.57. The lowest BCUT2D eigenvalue weighted by Gasteiger charge is -2.33. The maximum Gasteiger partial charge on any atom is 0.482 e. The van der Waals surface area contributed by atoms with Crippen LogP contribution >= 0.6 is 0 Å². The average Bonchev–Trinajstić information content (AvgIpc) is 2.55. The maximum atomic E-state index is 12.6. The smallest absolute Gasteiger partial charge is 0.444 e. The van der Waals surface area contributed by atoms with Crippen molar-refractivity contribution in [3.8, 4) is 0 Å². The van der Waals surface area contributed by atoms with Crippen LogP contribution in [-0.2, 0) is 14.0 Å². The summed E-state index contributed by atoms with van der Waals surface area (Å²) >= 11 is 0. The van der Waals surface area contributed by atoms with E-state index in [2.05, 4.69) is 12.2 Å². The van der Waals surface area contributed by atoms with Crippen LogP contribution in [0.3, 0.4) is 0 Å². The predicted molar refractivity (Wildman–Crippen MR) is 91.2 cm³/mol. The Labute approximate surface area is 140 Å². The molecule has 0 aliphatic carbocycles. The molecule has 0 radical (unpaired) electrons. The van der Waals surface area contributed by atoms with Crippen molar-refractivity contribution >= 4 is 13.2 Å². The summed E-state index contributed by atoms with van der Waals surface area (Å²) in [7, 11) is -0.449. The number of carbonyl (C=O) groups excluding carboxylic acids is 1. The third-order valence-electron chi connectivity index (χ3n) is 4.69. The Hall–Kier alpha value is -1.01. The van der Waals surface area contributed by atoms with Crippen molar-refractivity contribution in [3.05, 3.63) is 12.2 Å². The number of nitrogens with zero attached hydrogens (tertiary/aromatic N) is 1. The molecule has 1 saturated heterocycles. The standard InChI is InChI=1S/C17H30BNO4/c1-15(2,3)21-14(20)19-12-10-8-9-11-13(19)18-22-16(4,5)17(6,7)23-18/h8-9,13H,10-12H2,1-7H3. The highest BCUT2D eigenvalue weighted by Crippen LogP contribution is 2.39. The summed E-state index contributed by atoms with van der Waals surface area (Å²) in [4.78, 5) is 14.4. The van der Waals surface area contributed by atoms with Crippen LogP contribution in [-0.4, -0.2) is 47.4 Å². The SMILES string of the molecule is CC(C)(C)OC(=O)N1CCC=CCC1B1OC(C)(C)C(C)(C)O1. The van der Waals surface area contributed by atoms with E-state index in [1.165, 1.54) is 0 Å². The molecular formula is C17H30BNO4. The first-order chi connectivity index (χ1) is 10.4. The highest BCUT2D eigenvalue weighted by molar-refractivity contribution is 6.48. The summed E-state index contributed by atoms with van der Waals surface area (Å²) in [6.45, 7) is 14.4. The summed E-state index contributed by atoms with van der Waals surface area (Å²) in [6.07, 6.45) is 5.41. The summed E-state index contributed by atoms with van der Waals surface area (Å²) in [5.41, 5.74) is -1.34. The zero-order chi connectivity index (χ0) is 17.5. The molecule has 1 unspecified atom stereocenters. The van der Waals surface area contributed by atoms with Crippen molar-refractivity contribution in [3.63, 3.8) is 0 Å². The van der Waals surface area contributed by atoms with Crippen molar-refractivity contribution < 1.29 is 18.8 Å². The van der Waals surface area contributed by atoms with Gasteiger partial charge in [0.05, 0.1) is 17.1 Å². The third kappa shape index (κ3) is 4.10. The zero-order valence-corrected chi connectivity index (χ0v) is 15.5. The van der Waals surface area contributed by atoms with Gasteiger partial charge in [0, 0.05) is 6.54 Å². The van der Waals surface area contributed by atoms with E-state index in [0.717, 1.165) is 6.42 Å². The third-order valence-corrected chi connectivity index (χ3v) is 4.69. The molecule has 0 saturated carbocycles. The first-order valence-corrected chi connectivity index (χ1v) is 8.43. The fourth-order valence-electron chi connectivity index (χ4n) is 2.71. The fourth-order valence-corrected chi connectivity index (χ4v) is 2.71. The molecule has 0 aromatic carbocycles. The van der Waals surface area contributed by atoms with Gasteiger partial charge in [-0.05, 0) is 61.3 Å². The van der Waals surface area contributed by atoms with Crippen LogP contribution < -0.4 is 0 Å². The van der Waals surface area contributed by atoms with Crippen molar-refractivity contribution in [2.45, 2.75) is 84.1 Å². The van der Waals surface area contributed by atoms with Gasteiger partial charge >= 0.3 is 13.2 Å². The molecule has 2 heterocycles. The van der Waals surface area contributed by atoms with E-state index in [4.69, 9.17) is 14.0 Å². The summed E-state index contributed by atoms with van der Waals surface area (Å²) in [6, 6.07) is 0. The van der Waals surface area contributed by atoms with Crippen molar-refractivity contribution in [1.82, 2.24) is 4.90 Å². The molecule has 1 fully saturated rings. The lowest BCUT2D eigenvalue weighted by Crippen LogP contribution is -2.51. The molecule has 2 rings (SSSR count). The molecule has 1 atom stereocenters. The van der Waals surface area contributed by atoms with Crippen LogP contribution in [0.4, 0.5) is 4.79 Å². The summed E-state index contributed by atoms with van der Waals surface area (Å²) < 4.78 is 17.9. The number of amides is 1. The van der Waals surface area contributed by atoms with Crippen LogP contribution in [0.1, 0.15) is 61.3 Å². The lowest BCUT2D eigenvalue weighted by atomic mass is 9.75. The molecule has 0 aromatic rings. The number of ether oxygens (including phenoxy) is 1. The number of carbonyl (C=O) groups is 1. The zero-order valence-electron chi connectivity index (χ0n) is 15.5. The van der Waals surface area contributed by atoms with Crippen molar-refractivity contribution in [2.75, 3.05) is 6.54 Å². The minimum Gasteiger partial charge on any atom is -0.444 e. The molecule has 0 bridgehead atoms. The van der Waals surface area contributed by atoms with Gasteiger partial charge in [0.2, 0.25) is 0 Å². The Morgan fingerprint density at radius 2 is 1.74 bits per heavy atom. The first kappa shape index (κ1) is 18.3. The van der Waals surface area contributed by atoms with Gasteiger partial charge < -0.3 is 18.9 Å². The van der Waals surface area contributed by atoms with E-state index in [9.17, 15) is 4.79 Å². The van der Waals surface area contributed by atoms with Crippen LogP contribution in [0.5, 0.6) is 0 Å². The minimum absolute atomic E-state index is 0.176. The van der Waals surface area contributed by atoms with E-state index in [1.54, 1.807) is 4.90 Å². The average molecular weight is 323 g/mol. The van der Waals surface area contributed by atoms with Gasteiger partial charge in [-0.25, -0.2) is 4.79 Å². The molecule has 5 nitrogen and oxygen atoms in total. The van der Waals surface area contributed by atoms with Crippen LogP contribution in [0.15, 0.2) is 12.2 Å². The molecule has 1 amide bonds. The molecule has 2 aliphatic rings. The van der Waals surface area contributed by atoms with E-state index in [1.807, 2.05) is 48.5 Å². The van der Waals surface area contributed by atoms with Gasteiger partial charge in [0.25, 0.3) is 0 Å². The van der Waals surface area contributed by atoms with Crippen molar-refractivity contribution in [1.29, 1.82) is 0 Å². The molecule has 0 aromatic heterocycles. The van der Waals surface area contributed by atoms with Gasteiger partial charge in [-0.3, -0.25) is 0 Å². The van der Waals surface area contributed by atoms with Gasteiger partial charge in [0.15, 0.2) is 0 Å². The van der Waals surface area contributed by atoms with E-state index in [0.29, 0.717) is 13.0 Å². The first-order valence-electron chi connectivity index (χ1n) is 8.43. The lowest BCUT2D eigenvalue weighted by molar-refractivity contribution is 0.00578. The van der Waals surface area contributed by atoms with E-state index >= 15 is 0 Å². The number of rotatable bonds is 1. The molecule has 23 heavy (non-hydrogen) atoms. The molecule has 130 valence electrons. The molecule has 0 spiro atoms. The second kappa shape index (κ2) is 6.13. The van der Waals surface area contributed by atoms with Gasteiger partial charge in [0.1, 0.15) is 5.60 Å². The largest absolute Gasteiger partial charge is 0.482 e. The van der Waals surface area contributed by atoms with Crippen LogP contribution in [0, 0.1) is 0 Å². The van der Waals surface area contributed by atoms with Crippen molar-refractivity contribution in [2.24, 2.45) is 0 Å². The normalized spacial score (nSPS) is 27.0. The fraction of sp³-hybridized carbons (Fsp3) is 0.824. The quantitative estimate of drug-likeness (QED) is 0.547. The Kier molecular flexibility index (Phi) is 4.89. The number of hydrogen-bond donors (Lipinski definition) is 0. The number of hydrogen-bond acceptors (Lipinski definition) is 4. The second-order valence-electron chi connectivity index (χ2n) is 8.36. The van der Waals surface area contributed by atoms with Crippen LogP contribution in [0.25, 0.3) is 0 Å². The van der Waals surface area contributed by atoms with Gasteiger partial charge in [-0.2, -0.15) is 0 Å². The monoisotopic (exact) mass is 323 g/mol. The maximum absolute atomic E-state index is 12.6. The Morgan fingerprint density at radius 3 is 2.26 bits per heavy atom. The summed E-state index contributed by atoms with van der Waals surface area (Å²) in [5, 5.41) is 0. The molecule has 6 heteroatoms.